The van der Waals surface area contributed by atoms with E-state index >= 15 is 0 Å². The van der Waals surface area contributed by atoms with E-state index in [0.29, 0.717) is 0 Å². The van der Waals surface area contributed by atoms with E-state index in [1.54, 1.807) is 0 Å². The van der Waals surface area contributed by atoms with Gasteiger partial charge in [0.15, 0.2) is 0 Å². The first-order chi connectivity index (χ1) is 19.8. The number of cyclic esters (lactones) is 6. The van der Waals surface area contributed by atoms with E-state index in [1.165, 1.54) is 36.4 Å². The second kappa shape index (κ2) is 12.3. The smallest absolute Gasteiger partial charge is 0.545 e. The summed E-state index contributed by atoms with van der Waals surface area (Å²) < 4.78 is 12.8. The number of aromatic carboxylic acids is 3. The Hall–Kier alpha value is -5.99. The standard InChI is InChI=1S/3C9H4O5.Fe/c3*10-7(11)4-1-2-5-6(3-4)9(13)14-8(5)12;/h3*1-3H,(H,10,11);/q;;;+3/p-3. The van der Waals surface area contributed by atoms with Crippen LogP contribution in [-0.2, 0) is 31.3 Å². The monoisotopic (exact) mass is 629 g/mol. The molecule has 6 rings (SSSR count). The molecule has 3 aromatic carbocycles. The van der Waals surface area contributed by atoms with Crippen LogP contribution < -0.4 is 15.3 Å². The van der Waals surface area contributed by atoms with Crippen molar-refractivity contribution in [3.63, 3.8) is 0 Å². The fourth-order valence-electron chi connectivity index (χ4n) is 3.64. The molecule has 0 spiro atoms. The molecule has 0 aliphatic carbocycles. The van der Waals surface area contributed by atoms with Crippen LogP contribution in [0.5, 0.6) is 0 Å². The molecule has 0 atom stereocenters. The zero-order chi connectivity index (χ0) is 30.9. The largest absolute Gasteiger partial charge is 3.00 e. The van der Waals surface area contributed by atoms with Crippen molar-refractivity contribution in [1.29, 1.82) is 0 Å². The summed E-state index contributed by atoms with van der Waals surface area (Å²) in [5, 5.41) is 31.3. The van der Waals surface area contributed by atoms with Crippen LogP contribution in [0.1, 0.15) is 93.2 Å². The molecule has 0 bridgehead atoms. The number of carboxylic acids is 3. The predicted molar refractivity (Wildman–Crippen MR) is 122 cm³/mol. The van der Waals surface area contributed by atoms with Crippen molar-refractivity contribution in [3.8, 4) is 0 Å². The van der Waals surface area contributed by atoms with Crippen LogP contribution in [0, 0.1) is 0 Å². The minimum atomic E-state index is -1.40. The first kappa shape index (κ1) is 31.5. The molecule has 3 aromatic rings. The normalized spacial score (nSPS) is 13.4. The summed E-state index contributed by atoms with van der Waals surface area (Å²) in [7, 11) is 0. The topological polar surface area (TPSA) is 250 Å². The van der Waals surface area contributed by atoms with Gasteiger partial charge in [-0.3, -0.25) is 0 Å². The molecular formula is C27H9FeO15. The molecule has 0 saturated heterocycles. The SMILES string of the molecule is O=C([O-])c1ccc2c(c1)C(=O)OC2=O.O=C([O-])c1ccc2c(c1)C(=O)OC2=O.O=C([O-])c1ccc2c(c1)C(=O)OC2=O.[Fe+3]. The summed E-state index contributed by atoms with van der Waals surface area (Å²) in [5.74, 6) is -8.95. The zero-order valence-electron chi connectivity index (χ0n) is 20.7. The summed E-state index contributed by atoms with van der Waals surface area (Å²) in [6, 6.07) is 10.5. The Morgan fingerprint density at radius 2 is 0.605 bits per heavy atom. The summed E-state index contributed by atoms with van der Waals surface area (Å²) >= 11 is 0. The molecule has 0 unspecified atom stereocenters. The second-order valence-electron chi connectivity index (χ2n) is 8.17. The van der Waals surface area contributed by atoms with E-state index in [-0.39, 0.29) is 67.1 Å². The van der Waals surface area contributed by atoms with Crippen molar-refractivity contribution in [2.24, 2.45) is 0 Å². The number of benzene rings is 3. The van der Waals surface area contributed by atoms with Gasteiger partial charge in [0, 0.05) is 0 Å². The fraction of sp³-hybridized carbons (Fsp3) is 0. The molecule has 16 heteroatoms. The van der Waals surface area contributed by atoms with Crippen LogP contribution in [-0.4, -0.2) is 53.7 Å². The first-order valence-corrected chi connectivity index (χ1v) is 11.1. The number of fused-ring (bicyclic) bond motifs is 3. The van der Waals surface area contributed by atoms with Crippen molar-refractivity contribution in [1.82, 2.24) is 0 Å². The first-order valence-electron chi connectivity index (χ1n) is 11.1. The zero-order valence-corrected chi connectivity index (χ0v) is 21.8. The van der Waals surface area contributed by atoms with E-state index in [0.717, 1.165) is 18.2 Å². The van der Waals surface area contributed by atoms with Crippen LogP contribution in [0.15, 0.2) is 54.6 Å². The molecule has 3 heterocycles. The van der Waals surface area contributed by atoms with Gasteiger partial charge in [0.05, 0.1) is 51.3 Å². The average Bonchev–Trinajstić information content (AvgIpc) is 3.52. The number of hydrogen-bond acceptors (Lipinski definition) is 15. The third kappa shape index (κ3) is 6.35. The van der Waals surface area contributed by atoms with Crippen LogP contribution in [0.3, 0.4) is 0 Å². The molecule has 3 aliphatic heterocycles. The second-order valence-corrected chi connectivity index (χ2v) is 8.17. The van der Waals surface area contributed by atoms with E-state index < -0.39 is 53.7 Å². The van der Waals surface area contributed by atoms with E-state index in [2.05, 4.69) is 14.2 Å². The van der Waals surface area contributed by atoms with Crippen molar-refractivity contribution >= 4 is 53.7 Å². The van der Waals surface area contributed by atoms with Crippen LogP contribution >= 0.6 is 0 Å². The summed E-state index contributed by atoms with van der Waals surface area (Å²) in [6.07, 6.45) is 0. The Labute approximate surface area is 248 Å². The summed E-state index contributed by atoms with van der Waals surface area (Å²) in [5.41, 5.74) is -0.314. The maximum atomic E-state index is 11.0. The molecule has 15 nitrogen and oxygen atoms in total. The number of ether oxygens (including phenoxy) is 3. The molecule has 0 saturated carbocycles. The van der Waals surface area contributed by atoms with Crippen molar-refractivity contribution in [2.45, 2.75) is 0 Å². The quantitative estimate of drug-likeness (QED) is 0.133. The number of carbonyl (C=O) groups is 9. The third-order valence-electron chi connectivity index (χ3n) is 5.64. The Kier molecular flexibility index (Phi) is 8.99. The minimum Gasteiger partial charge on any atom is -0.545 e. The number of carboxylic acid groups (broad SMARTS) is 3. The van der Waals surface area contributed by atoms with Gasteiger partial charge >= 0.3 is 52.9 Å². The van der Waals surface area contributed by atoms with E-state index in [1.807, 2.05) is 0 Å². The number of esters is 6. The molecule has 43 heavy (non-hydrogen) atoms. The number of hydrogen-bond donors (Lipinski definition) is 0. The van der Waals surface area contributed by atoms with Crippen molar-refractivity contribution in [3.05, 3.63) is 105 Å². The number of carbonyl (C=O) groups excluding carboxylic acids is 9. The minimum absolute atomic E-state index is 0. The van der Waals surface area contributed by atoms with Crippen LogP contribution in [0.25, 0.3) is 0 Å². The van der Waals surface area contributed by atoms with Gasteiger partial charge in [-0.15, -0.1) is 0 Å². The maximum Gasteiger partial charge on any atom is 3.00 e. The Balaban J connectivity index is 0.000000175. The van der Waals surface area contributed by atoms with E-state index in [9.17, 15) is 58.5 Å². The third-order valence-corrected chi connectivity index (χ3v) is 5.64. The van der Waals surface area contributed by atoms with Crippen molar-refractivity contribution in [2.75, 3.05) is 0 Å². The van der Waals surface area contributed by atoms with Crippen LogP contribution in [0.2, 0.25) is 0 Å². The molecule has 0 amide bonds. The van der Waals surface area contributed by atoms with Gasteiger partial charge < -0.3 is 43.9 Å². The Morgan fingerprint density at radius 1 is 0.395 bits per heavy atom. The molecule has 0 N–H and O–H groups in total. The summed E-state index contributed by atoms with van der Waals surface area (Å²) in [4.78, 5) is 97.2. The van der Waals surface area contributed by atoms with Gasteiger partial charge in [0.25, 0.3) is 0 Å². The van der Waals surface area contributed by atoms with Gasteiger partial charge in [-0.2, -0.15) is 0 Å². The Morgan fingerprint density at radius 3 is 0.814 bits per heavy atom. The summed E-state index contributed by atoms with van der Waals surface area (Å²) in [6.45, 7) is 0. The van der Waals surface area contributed by atoms with E-state index in [4.69, 9.17) is 0 Å². The van der Waals surface area contributed by atoms with Gasteiger partial charge in [0.2, 0.25) is 0 Å². The maximum absolute atomic E-state index is 11.0. The van der Waals surface area contributed by atoms with Gasteiger partial charge in [-0.25, -0.2) is 28.8 Å². The molecule has 3 aliphatic rings. The molecule has 0 aromatic heterocycles. The van der Waals surface area contributed by atoms with Crippen molar-refractivity contribution < 1.29 is 89.7 Å². The number of rotatable bonds is 3. The molecule has 1 radical (unpaired) electrons. The molecular weight excluding hydrogens is 620 g/mol. The Bertz CT molecular complexity index is 1600. The molecule has 215 valence electrons. The van der Waals surface area contributed by atoms with Gasteiger partial charge in [-0.05, 0) is 53.1 Å². The average molecular weight is 629 g/mol. The fourth-order valence-corrected chi connectivity index (χ4v) is 3.64. The van der Waals surface area contributed by atoms with Crippen LogP contribution in [0.4, 0.5) is 0 Å². The van der Waals surface area contributed by atoms with Gasteiger partial charge in [0.1, 0.15) is 0 Å². The molecule has 0 fully saturated rings. The predicted octanol–water partition coefficient (Wildman–Crippen LogP) is -1.92. The van der Waals surface area contributed by atoms with Gasteiger partial charge in [-0.1, -0.05) is 18.2 Å².